The van der Waals surface area contributed by atoms with Crippen molar-refractivity contribution < 1.29 is 0 Å². The average Bonchev–Trinajstić information content (AvgIpc) is 2.54. The van der Waals surface area contributed by atoms with Gasteiger partial charge in [0.15, 0.2) is 0 Å². The predicted octanol–water partition coefficient (Wildman–Crippen LogP) is 7.04. The molecule has 0 N–H and O–H groups in total. The molecule has 3 aromatic rings. The second-order valence-corrected chi connectivity index (χ2v) is 7.66. The molecule has 24 heavy (non-hydrogen) atoms. The van der Waals surface area contributed by atoms with Gasteiger partial charge in [0.25, 0.3) is 0 Å². The molecule has 0 aliphatic carbocycles. The average molecular weight is 372 g/mol. The molecule has 0 saturated carbocycles. The number of rotatable bonds is 5. The van der Waals surface area contributed by atoms with Gasteiger partial charge in [0.1, 0.15) is 0 Å². The largest absolute Gasteiger partial charge is 0.0897 e. The van der Waals surface area contributed by atoms with E-state index in [1.165, 1.54) is 21.6 Å². The van der Waals surface area contributed by atoms with E-state index in [4.69, 9.17) is 23.2 Å². The highest BCUT2D eigenvalue weighted by Crippen LogP contribution is 2.35. The summed E-state index contributed by atoms with van der Waals surface area (Å²) in [4.78, 5) is 2.26. The fraction of sp³-hybridized carbons (Fsp3) is 0.143. The first-order valence-corrected chi connectivity index (χ1v) is 9.36. The summed E-state index contributed by atoms with van der Waals surface area (Å²) in [6, 6.07) is 23.6. The zero-order chi connectivity index (χ0) is 16.9. The Bertz CT molecular complexity index is 808. The number of halogens is 2. The van der Waals surface area contributed by atoms with Crippen LogP contribution >= 0.6 is 35.0 Å². The summed E-state index contributed by atoms with van der Waals surface area (Å²) >= 11 is 13.9. The summed E-state index contributed by atoms with van der Waals surface area (Å²) in [5.74, 6) is 0. The topological polar surface area (TPSA) is 0 Å². The molecule has 0 saturated heterocycles. The highest BCUT2D eigenvalue weighted by atomic mass is 35.5. The zero-order valence-corrected chi connectivity index (χ0v) is 15.7. The summed E-state index contributed by atoms with van der Waals surface area (Å²) in [5, 5.41) is 1.32. The second-order valence-electron chi connectivity index (χ2n) is 5.67. The standard InChI is InChI=1S/C21H17Cl2S/c1-15-6-5-9-21(24-19-13-17(22)12-18(23)14-19)20(15)11-10-16-7-3-2-4-8-16/h2-4,6-9,12-14H,10-11H2,1H3. The fourth-order valence-electron chi connectivity index (χ4n) is 2.65. The first-order valence-electron chi connectivity index (χ1n) is 7.79. The van der Waals surface area contributed by atoms with Gasteiger partial charge in [0, 0.05) is 19.8 Å². The van der Waals surface area contributed by atoms with Crippen LogP contribution in [0.15, 0.2) is 70.5 Å². The van der Waals surface area contributed by atoms with Gasteiger partial charge in [0.05, 0.1) is 0 Å². The molecule has 0 aliphatic heterocycles. The molecule has 0 bridgehead atoms. The van der Waals surface area contributed by atoms with Gasteiger partial charge in [0.2, 0.25) is 0 Å². The van der Waals surface area contributed by atoms with Gasteiger partial charge in [-0.15, -0.1) is 0 Å². The van der Waals surface area contributed by atoms with E-state index in [0.29, 0.717) is 10.0 Å². The van der Waals surface area contributed by atoms with E-state index in [1.807, 2.05) is 18.2 Å². The Morgan fingerprint density at radius 1 is 0.917 bits per heavy atom. The van der Waals surface area contributed by atoms with E-state index in [9.17, 15) is 0 Å². The Morgan fingerprint density at radius 2 is 1.62 bits per heavy atom. The fourth-order valence-corrected chi connectivity index (χ4v) is 4.45. The van der Waals surface area contributed by atoms with Gasteiger partial charge in [-0.3, -0.25) is 0 Å². The van der Waals surface area contributed by atoms with Gasteiger partial charge < -0.3 is 0 Å². The first-order chi connectivity index (χ1) is 11.6. The van der Waals surface area contributed by atoms with Gasteiger partial charge in [-0.1, -0.05) is 71.4 Å². The maximum absolute atomic E-state index is 6.12. The Labute approximate surface area is 157 Å². The third-order valence-electron chi connectivity index (χ3n) is 3.86. The van der Waals surface area contributed by atoms with E-state index in [-0.39, 0.29) is 0 Å². The lowest BCUT2D eigenvalue weighted by Crippen LogP contribution is -1.97. The Balaban J connectivity index is 1.84. The lowest BCUT2D eigenvalue weighted by molar-refractivity contribution is 0.922. The number of aryl methyl sites for hydroxylation is 2. The molecule has 3 rings (SSSR count). The molecule has 0 aromatic heterocycles. The highest BCUT2D eigenvalue weighted by molar-refractivity contribution is 7.99. The molecule has 121 valence electrons. The molecule has 0 heterocycles. The minimum Gasteiger partial charge on any atom is -0.0897 e. The van der Waals surface area contributed by atoms with Crippen LogP contribution < -0.4 is 0 Å². The van der Waals surface area contributed by atoms with Crippen molar-refractivity contribution >= 4 is 35.0 Å². The normalized spacial score (nSPS) is 10.8. The molecular formula is C21H17Cl2S. The summed E-state index contributed by atoms with van der Waals surface area (Å²) in [5.41, 5.74) is 3.98. The SMILES string of the molecule is Cc1c[c]cc(Sc2cc(Cl)cc(Cl)c2)c1CCc1ccccc1. The Kier molecular flexibility index (Phi) is 5.89. The zero-order valence-electron chi connectivity index (χ0n) is 13.4. The maximum atomic E-state index is 6.12. The van der Waals surface area contributed by atoms with Crippen LogP contribution in [0.4, 0.5) is 0 Å². The lowest BCUT2D eigenvalue weighted by atomic mass is 10.0. The van der Waals surface area contributed by atoms with Crippen molar-refractivity contribution in [1.29, 1.82) is 0 Å². The van der Waals surface area contributed by atoms with Crippen molar-refractivity contribution in [2.45, 2.75) is 29.6 Å². The van der Waals surface area contributed by atoms with Crippen molar-refractivity contribution in [2.75, 3.05) is 0 Å². The molecule has 0 spiro atoms. The Morgan fingerprint density at radius 3 is 2.33 bits per heavy atom. The van der Waals surface area contributed by atoms with Crippen LogP contribution in [0.3, 0.4) is 0 Å². The summed E-state index contributed by atoms with van der Waals surface area (Å²) in [6.07, 6.45) is 2.02. The van der Waals surface area contributed by atoms with Crippen LogP contribution in [0.2, 0.25) is 10.0 Å². The minimum absolute atomic E-state index is 0.660. The van der Waals surface area contributed by atoms with Crippen molar-refractivity contribution in [2.24, 2.45) is 0 Å². The van der Waals surface area contributed by atoms with Crippen molar-refractivity contribution in [1.82, 2.24) is 0 Å². The molecule has 0 unspecified atom stereocenters. The van der Waals surface area contributed by atoms with Crippen LogP contribution in [0.1, 0.15) is 16.7 Å². The van der Waals surface area contributed by atoms with E-state index >= 15 is 0 Å². The molecule has 0 atom stereocenters. The number of hydrogen-bond acceptors (Lipinski definition) is 1. The summed E-state index contributed by atoms with van der Waals surface area (Å²) < 4.78 is 0. The van der Waals surface area contributed by atoms with E-state index in [2.05, 4.69) is 49.4 Å². The third-order valence-corrected chi connectivity index (χ3v) is 5.35. The van der Waals surface area contributed by atoms with Crippen molar-refractivity contribution in [3.8, 4) is 0 Å². The smallest absolute Gasteiger partial charge is 0.0432 e. The number of benzene rings is 3. The highest BCUT2D eigenvalue weighted by Gasteiger charge is 2.09. The van der Waals surface area contributed by atoms with Gasteiger partial charge in [-0.25, -0.2) is 0 Å². The molecular weight excluding hydrogens is 355 g/mol. The first kappa shape index (κ1) is 17.4. The van der Waals surface area contributed by atoms with Crippen LogP contribution in [0.5, 0.6) is 0 Å². The molecule has 3 aromatic carbocycles. The lowest BCUT2D eigenvalue weighted by Gasteiger charge is -2.13. The molecule has 0 amide bonds. The van der Waals surface area contributed by atoms with Crippen LogP contribution in [0.25, 0.3) is 0 Å². The monoisotopic (exact) mass is 371 g/mol. The van der Waals surface area contributed by atoms with Crippen molar-refractivity contribution in [3.05, 3.63) is 93.5 Å². The molecule has 0 aliphatic rings. The van der Waals surface area contributed by atoms with E-state index < -0.39 is 0 Å². The quantitative estimate of drug-likeness (QED) is 0.463. The summed E-state index contributed by atoms with van der Waals surface area (Å²) in [6.45, 7) is 2.14. The van der Waals surface area contributed by atoms with Gasteiger partial charge in [-0.05, 0) is 66.8 Å². The van der Waals surface area contributed by atoms with Crippen LogP contribution in [0, 0.1) is 13.0 Å². The minimum atomic E-state index is 0.660. The van der Waals surface area contributed by atoms with Crippen molar-refractivity contribution in [3.63, 3.8) is 0 Å². The van der Waals surface area contributed by atoms with E-state index in [1.54, 1.807) is 17.8 Å². The van der Waals surface area contributed by atoms with Crippen LogP contribution in [-0.4, -0.2) is 0 Å². The van der Waals surface area contributed by atoms with E-state index in [0.717, 1.165) is 17.7 Å². The molecule has 0 fully saturated rings. The maximum Gasteiger partial charge on any atom is 0.0432 e. The van der Waals surface area contributed by atoms with Gasteiger partial charge in [-0.2, -0.15) is 0 Å². The summed E-state index contributed by atoms with van der Waals surface area (Å²) in [7, 11) is 0. The van der Waals surface area contributed by atoms with Gasteiger partial charge >= 0.3 is 0 Å². The molecule has 0 nitrogen and oxygen atoms in total. The molecule has 3 heteroatoms. The second kappa shape index (κ2) is 8.11. The third kappa shape index (κ3) is 4.57. The Hall–Kier alpha value is -1.41. The molecule has 1 radical (unpaired) electrons. The van der Waals surface area contributed by atoms with Crippen LogP contribution in [-0.2, 0) is 12.8 Å². The predicted molar refractivity (Wildman–Crippen MR) is 104 cm³/mol. The number of hydrogen-bond donors (Lipinski definition) is 0.